The van der Waals surface area contributed by atoms with E-state index in [0.29, 0.717) is 12.1 Å². The van der Waals surface area contributed by atoms with Crippen LogP contribution in [-0.4, -0.2) is 10.4 Å². The number of Topliss-reactive ketones (excluding diaryl/α,β-unsaturated/α-hetero) is 1. The van der Waals surface area contributed by atoms with Gasteiger partial charge >= 0.3 is 0 Å². The van der Waals surface area contributed by atoms with Crippen molar-refractivity contribution >= 4 is 22.8 Å². The van der Waals surface area contributed by atoms with Gasteiger partial charge in [-0.05, 0) is 36.8 Å². The summed E-state index contributed by atoms with van der Waals surface area (Å²) in [5.41, 5.74) is 4.32. The molecule has 0 amide bonds. The Morgan fingerprint density at radius 1 is 1.00 bits per heavy atom. The van der Waals surface area contributed by atoms with E-state index in [1.165, 1.54) is 12.1 Å². The standard InChI is InChI=1S/C26H19FN2O/c1-18-24(15-21(16-28)26(30)20-7-3-2-4-8-20)23-9-5-6-10-25(23)29(18)17-19-11-13-22(27)14-12-19/h2-15H,17H2,1H3. The van der Waals surface area contributed by atoms with Crippen molar-refractivity contribution in [3.8, 4) is 6.07 Å². The summed E-state index contributed by atoms with van der Waals surface area (Å²) in [6, 6.07) is 25.2. The molecule has 146 valence electrons. The van der Waals surface area contributed by atoms with E-state index < -0.39 is 0 Å². The van der Waals surface area contributed by atoms with E-state index in [9.17, 15) is 14.4 Å². The van der Waals surface area contributed by atoms with Gasteiger partial charge in [-0.2, -0.15) is 5.26 Å². The van der Waals surface area contributed by atoms with Crippen molar-refractivity contribution in [1.29, 1.82) is 5.26 Å². The first-order valence-electron chi connectivity index (χ1n) is 9.62. The summed E-state index contributed by atoms with van der Waals surface area (Å²) in [6.07, 6.45) is 1.67. The van der Waals surface area contributed by atoms with Crippen LogP contribution in [0.5, 0.6) is 0 Å². The number of rotatable bonds is 5. The first-order valence-corrected chi connectivity index (χ1v) is 9.62. The Balaban J connectivity index is 1.82. The van der Waals surface area contributed by atoms with Gasteiger partial charge in [0.25, 0.3) is 0 Å². The molecule has 0 radical (unpaired) electrons. The van der Waals surface area contributed by atoms with Crippen LogP contribution in [0, 0.1) is 24.1 Å². The second-order valence-corrected chi connectivity index (χ2v) is 7.09. The quantitative estimate of drug-likeness (QED) is 0.239. The smallest absolute Gasteiger partial charge is 0.203 e. The maximum atomic E-state index is 13.3. The number of carbonyl (C=O) groups is 1. The summed E-state index contributed by atoms with van der Waals surface area (Å²) >= 11 is 0. The molecule has 0 spiro atoms. The number of benzene rings is 3. The topological polar surface area (TPSA) is 45.8 Å². The highest BCUT2D eigenvalue weighted by Crippen LogP contribution is 2.29. The molecule has 4 aromatic rings. The third-order valence-corrected chi connectivity index (χ3v) is 5.22. The number of allylic oxidation sites excluding steroid dienone is 1. The zero-order valence-electron chi connectivity index (χ0n) is 16.5. The van der Waals surface area contributed by atoms with E-state index in [2.05, 4.69) is 10.6 Å². The van der Waals surface area contributed by atoms with Crippen molar-refractivity contribution in [2.75, 3.05) is 0 Å². The fourth-order valence-electron chi connectivity index (χ4n) is 3.65. The van der Waals surface area contributed by atoms with Crippen LogP contribution >= 0.6 is 0 Å². The van der Waals surface area contributed by atoms with Gasteiger partial charge in [-0.3, -0.25) is 4.79 Å². The lowest BCUT2D eigenvalue weighted by Gasteiger charge is -2.09. The van der Waals surface area contributed by atoms with Crippen LogP contribution in [0.2, 0.25) is 0 Å². The minimum atomic E-state index is -0.298. The molecule has 0 saturated heterocycles. The molecule has 1 heterocycles. The molecule has 0 unspecified atom stereocenters. The van der Waals surface area contributed by atoms with Crippen LogP contribution in [0.25, 0.3) is 17.0 Å². The van der Waals surface area contributed by atoms with Gasteiger partial charge in [0.1, 0.15) is 17.5 Å². The third-order valence-electron chi connectivity index (χ3n) is 5.22. The Kier molecular flexibility index (Phi) is 5.28. The zero-order chi connectivity index (χ0) is 21.1. The lowest BCUT2D eigenvalue weighted by atomic mass is 10.0. The van der Waals surface area contributed by atoms with Gasteiger partial charge in [-0.1, -0.05) is 60.7 Å². The number of hydrogen-bond donors (Lipinski definition) is 0. The molecule has 30 heavy (non-hydrogen) atoms. The zero-order valence-corrected chi connectivity index (χ0v) is 16.5. The fraction of sp³-hybridized carbons (Fsp3) is 0.0769. The minimum absolute atomic E-state index is 0.0917. The highest BCUT2D eigenvalue weighted by Gasteiger charge is 2.17. The number of hydrogen-bond acceptors (Lipinski definition) is 2. The van der Waals surface area contributed by atoms with Gasteiger partial charge < -0.3 is 4.57 Å². The maximum absolute atomic E-state index is 13.3. The van der Waals surface area contributed by atoms with Crippen LogP contribution in [0.1, 0.15) is 27.2 Å². The molecule has 3 aromatic carbocycles. The minimum Gasteiger partial charge on any atom is -0.340 e. The number of ketones is 1. The van der Waals surface area contributed by atoms with E-state index in [-0.39, 0.29) is 17.2 Å². The lowest BCUT2D eigenvalue weighted by molar-refractivity contribution is 0.104. The second-order valence-electron chi connectivity index (χ2n) is 7.09. The van der Waals surface area contributed by atoms with Crippen molar-refractivity contribution in [2.24, 2.45) is 0 Å². The van der Waals surface area contributed by atoms with Crippen molar-refractivity contribution in [3.05, 3.63) is 113 Å². The van der Waals surface area contributed by atoms with Crippen LogP contribution < -0.4 is 0 Å². The Bertz CT molecular complexity index is 1290. The molecule has 0 aliphatic carbocycles. The monoisotopic (exact) mass is 394 g/mol. The molecule has 4 heteroatoms. The molecular formula is C26H19FN2O. The van der Waals surface area contributed by atoms with E-state index in [1.807, 2.05) is 37.3 Å². The number of halogens is 1. The van der Waals surface area contributed by atoms with Gasteiger partial charge in [0.2, 0.25) is 5.78 Å². The largest absolute Gasteiger partial charge is 0.340 e. The SMILES string of the molecule is Cc1c(C=C(C#N)C(=O)c2ccccc2)c2ccccc2n1Cc1ccc(F)cc1. The van der Waals surface area contributed by atoms with Gasteiger partial charge in [0, 0.05) is 34.3 Å². The van der Waals surface area contributed by atoms with E-state index in [0.717, 1.165) is 27.7 Å². The predicted octanol–water partition coefficient (Wildman–Crippen LogP) is 5.93. The summed E-state index contributed by atoms with van der Waals surface area (Å²) < 4.78 is 15.4. The molecule has 0 aliphatic rings. The van der Waals surface area contributed by atoms with E-state index in [4.69, 9.17) is 0 Å². The molecule has 0 fully saturated rings. The number of nitrogens with zero attached hydrogens (tertiary/aromatic N) is 2. The molecule has 0 atom stereocenters. The lowest BCUT2D eigenvalue weighted by Crippen LogP contribution is -2.03. The molecule has 0 aliphatic heterocycles. The molecular weight excluding hydrogens is 375 g/mol. The summed E-state index contributed by atoms with van der Waals surface area (Å²) in [5.74, 6) is -0.567. The van der Waals surface area contributed by atoms with Crippen LogP contribution in [-0.2, 0) is 6.54 Å². The predicted molar refractivity (Wildman–Crippen MR) is 117 cm³/mol. The normalized spacial score (nSPS) is 11.4. The van der Waals surface area contributed by atoms with Gasteiger partial charge in [0.05, 0.1) is 0 Å². The second kappa shape index (κ2) is 8.18. The maximum Gasteiger partial charge on any atom is 0.203 e. The molecule has 0 saturated carbocycles. The van der Waals surface area contributed by atoms with Crippen molar-refractivity contribution in [2.45, 2.75) is 13.5 Å². The first-order chi connectivity index (χ1) is 14.6. The highest BCUT2D eigenvalue weighted by atomic mass is 19.1. The van der Waals surface area contributed by atoms with E-state index >= 15 is 0 Å². The van der Waals surface area contributed by atoms with E-state index in [1.54, 1.807) is 42.5 Å². The number of aromatic nitrogens is 1. The number of nitriles is 1. The van der Waals surface area contributed by atoms with Gasteiger partial charge in [0.15, 0.2) is 0 Å². The van der Waals surface area contributed by atoms with Crippen molar-refractivity contribution in [3.63, 3.8) is 0 Å². The molecule has 0 N–H and O–H groups in total. The number of fused-ring (bicyclic) bond motifs is 1. The van der Waals surface area contributed by atoms with Gasteiger partial charge in [-0.25, -0.2) is 4.39 Å². The van der Waals surface area contributed by atoms with Crippen molar-refractivity contribution < 1.29 is 9.18 Å². The molecule has 1 aromatic heterocycles. The summed E-state index contributed by atoms with van der Waals surface area (Å²) in [7, 11) is 0. The Hall–Kier alpha value is -3.97. The van der Waals surface area contributed by atoms with Gasteiger partial charge in [-0.15, -0.1) is 0 Å². The Morgan fingerprint density at radius 3 is 2.37 bits per heavy atom. The van der Waals surface area contributed by atoms with Crippen LogP contribution in [0.15, 0.2) is 84.4 Å². The Morgan fingerprint density at radius 2 is 1.67 bits per heavy atom. The average Bonchev–Trinajstić information content (AvgIpc) is 3.04. The number of carbonyl (C=O) groups excluding carboxylic acids is 1. The third kappa shape index (κ3) is 3.66. The van der Waals surface area contributed by atoms with Crippen LogP contribution in [0.3, 0.4) is 0 Å². The average molecular weight is 394 g/mol. The molecule has 4 rings (SSSR count). The highest BCUT2D eigenvalue weighted by molar-refractivity contribution is 6.15. The first kappa shape index (κ1) is 19.4. The number of para-hydroxylation sites is 1. The molecule has 0 bridgehead atoms. The van der Waals surface area contributed by atoms with Crippen LogP contribution in [0.4, 0.5) is 4.39 Å². The summed E-state index contributed by atoms with van der Waals surface area (Å²) in [4.78, 5) is 12.8. The Labute approximate surface area is 174 Å². The van der Waals surface area contributed by atoms with Crippen molar-refractivity contribution in [1.82, 2.24) is 4.57 Å². The molecule has 3 nitrogen and oxygen atoms in total. The fourth-order valence-corrected chi connectivity index (χ4v) is 3.65. The summed E-state index contributed by atoms with van der Waals surface area (Å²) in [6.45, 7) is 2.53. The summed E-state index contributed by atoms with van der Waals surface area (Å²) in [5, 5.41) is 10.6.